The van der Waals surface area contributed by atoms with Gasteiger partial charge in [-0.2, -0.15) is 5.10 Å². The third-order valence-electron chi connectivity index (χ3n) is 6.79. The minimum Gasteiger partial charge on any atom is -0.352 e. The number of rotatable bonds is 8. The molecule has 5 rings (SSSR count). The van der Waals surface area contributed by atoms with E-state index in [1.165, 1.54) is 11.0 Å². The van der Waals surface area contributed by atoms with Crippen LogP contribution in [0.15, 0.2) is 72.9 Å². The maximum absolute atomic E-state index is 12.7. The van der Waals surface area contributed by atoms with Crippen molar-refractivity contribution in [3.05, 3.63) is 78.5 Å². The summed E-state index contributed by atoms with van der Waals surface area (Å²) in [5.74, 6) is -0.369. The lowest BCUT2D eigenvalue weighted by Crippen LogP contribution is -2.44. The molecule has 1 saturated heterocycles. The van der Waals surface area contributed by atoms with Gasteiger partial charge in [0.05, 0.1) is 11.4 Å². The fourth-order valence-electron chi connectivity index (χ4n) is 4.91. The molecular formula is C28H29N5O3. The summed E-state index contributed by atoms with van der Waals surface area (Å²) < 4.78 is 1.80. The van der Waals surface area contributed by atoms with Crippen LogP contribution >= 0.6 is 0 Å². The van der Waals surface area contributed by atoms with Crippen LogP contribution in [-0.2, 0) is 9.59 Å². The molecule has 0 atom stereocenters. The average Bonchev–Trinajstić information content (AvgIpc) is 3.61. The van der Waals surface area contributed by atoms with Gasteiger partial charge in [-0.25, -0.2) is 9.48 Å². The fourth-order valence-corrected chi connectivity index (χ4v) is 4.91. The second kappa shape index (κ2) is 10.2. The number of imide groups is 1. The van der Waals surface area contributed by atoms with E-state index >= 15 is 0 Å². The summed E-state index contributed by atoms with van der Waals surface area (Å²) in [6.07, 6.45) is 8.97. The minimum absolute atomic E-state index is 0.125. The summed E-state index contributed by atoms with van der Waals surface area (Å²) in [6.45, 7) is 0.653. The normalized spacial score (nSPS) is 16.7. The predicted octanol–water partition coefficient (Wildman–Crippen LogP) is 3.92. The van der Waals surface area contributed by atoms with Gasteiger partial charge in [0.2, 0.25) is 5.91 Å². The molecule has 4 amide bonds. The topological polar surface area (TPSA) is 96.3 Å². The Morgan fingerprint density at radius 3 is 2.44 bits per heavy atom. The van der Waals surface area contributed by atoms with Crippen LogP contribution in [0, 0.1) is 0 Å². The quantitative estimate of drug-likeness (QED) is 0.288. The number of benzene rings is 2. The number of hydrogen-bond donors (Lipinski definition) is 2. The molecule has 1 spiro atoms. The third-order valence-corrected chi connectivity index (χ3v) is 6.79. The Labute approximate surface area is 210 Å². The lowest BCUT2D eigenvalue weighted by Gasteiger charge is -2.19. The van der Waals surface area contributed by atoms with Gasteiger partial charge in [0, 0.05) is 36.5 Å². The van der Waals surface area contributed by atoms with Gasteiger partial charge < -0.3 is 10.6 Å². The van der Waals surface area contributed by atoms with Crippen LogP contribution in [0.2, 0.25) is 0 Å². The van der Waals surface area contributed by atoms with E-state index in [9.17, 15) is 14.4 Å². The second-order valence-corrected chi connectivity index (χ2v) is 9.23. The Hall–Kier alpha value is -4.20. The predicted molar refractivity (Wildman–Crippen MR) is 137 cm³/mol. The number of amides is 4. The highest BCUT2D eigenvalue weighted by Gasteiger charge is 2.51. The highest BCUT2D eigenvalue weighted by Crippen LogP contribution is 2.35. The maximum atomic E-state index is 12.7. The highest BCUT2D eigenvalue weighted by atomic mass is 16.2. The third kappa shape index (κ3) is 4.79. The number of carbonyl (C=O) groups excluding carboxylic acids is 3. The first-order valence-corrected chi connectivity index (χ1v) is 12.4. The smallest absolute Gasteiger partial charge is 0.325 e. The van der Waals surface area contributed by atoms with Crippen molar-refractivity contribution in [2.24, 2.45) is 0 Å². The molecule has 184 valence electrons. The summed E-state index contributed by atoms with van der Waals surface area (Å²) in [7, 11) is 0. The average molecular weight is 484 g/mol. The SMILES string of the molecule is O=C(/C=C/c1cn(-c2ccccc2)nc1-c1ccccc1)NCCCN1C(=O)NC2(CCCC2)C1=O. The lowest BCUT2D eigenvalue weighted by molar-refractivity contribution is -0.131. The van der Waals surface area contributed by atoms with Crippen LogP contribution < -0.4 is 10.6 Å². The van der Waals surface area contributed by atoms with Crippen molar-refractivity contribution < 1.29 is 14.4 Å². The molecule has 1 aliphatic heterocycles. The molecule has 2 fully saturated rings. The second-order valence-electron chi connectivity index (χ2n) is 9.23. The summed E-state index contributed by atoms with van der Waals surface area (Å²) in [4.78, 5) is 38.8. The van der Waals surface area contributed by atoms with Gasteiger partial charge in [-0.15, -0.1) is 0 Å². The van der Waals surface area contributed by atoms with E-state index in [1.807, 2.05) is 66.9 Å². The van der Waals surface area contributed by atoms with Gasteiger partial charge in [0.15, 0.2) is 0 Å². The molecule has 2 heterocycles. The molecule has 2 aliphatic rings. The van der Waals surface area contributed by atoms with E-state index in [0.717, 1.165) is 35.3 Å². The number of aromatic nitrogens is 2. The number of para-hydroxylation sites is 1. The van der Waals surface area contributed by atoms with Crippen LogP contribution in [0.25, 0.3) is 23.0 Å². The number of urea groups is 1. The first-order chi connectivity index (χ1) is 17.6. The van der Waals surface area contributed by atoms with Crippen molar-refractivity contribution in [1.82, 2.24) is 25.3 Å². The van der Waals surface area contributed by atoms with Gasteiger partial charge in [-0.3, -0.25) is 14.5 Å². The van der Waals surface area contributed by atoms with E-state index < -0.39 is 5.54 Å². The molecule has 36 heavy (non-hydrogen) atoms. The molecule has 2 aromatic carbocycles. The van der Waals surface area contributed by atoms with Crippen molar-refractivity contribution in [3.8, 4) is 16.9 Å². The number of carbonyl (C=O) groups is 3. The lowest BCUT2D eigenvalue weighted by atomic mass is 9.98. The van der Waals surface area contributed by atoms with Gasteiger partial charge in [-0.05, 0) is 37.5 Å². The standard InChI is InChI=1S/C28H29N5O3/c34-24(29-18-9-19-32-26(35)28(30-27(32)36)16-7-8-17-28)15-14-22-20-33(23-12-5-2-6-13-23)31-25(22)21-10-3-1-4-11-21/h1-6,10-15,20H,7-9,16-19H2,(H,29,34)(H,30,36)/b15-14+. The summed E-state index contributed by atoms with van der Waals surface area (Å²) in [6, 6.07) is 19.3. The monoisotopic (exact) mass is 483 g/mol. The van der Waals surface area contributed by atoms with Crippen LogP contribution in [-0.4, -0.2) is 51.2 Å². The molecule has 1 aliphatic carbocycles. The molecule has 1 aromatic heterocycles. The van der Waals surface area contributed by atoms with E-state index in [0.29, 0.717) is 32.4 Å². The number of hydrogen-bond acceptors (Lipinski definition) is 4. The van der Waals surface area contributed by atoms with Gasteiger partial charge in [0.1, 0.15) is 5.54 Å². The Kier molecular flexibility index (Phi) is 6.66. The van der Waals surface area contributed by atoms with Crippen molar-refractivity contribution in [3.63, 3.8) is 0 Å². The molecule has 0 radical (unpaired) electrons. The van der Waals surface area contributed by atoms with Crippen molar-refractivity contribution >= 4 is 23.9 Å². The van der Waals surface area contributed by atoms with E-state index in [-0.39, 0.29) is 17.8 Å². The molecule has 1 saturated carbocycles. The largest absolute Gasteiger partial charge is 0.352 e. The van der Waals surface area contributed by atoms with E-state index in [4.69, 9.17) is 5.10 Å². The van der Waals surface area contributed by atoms with Gasteiger partial charge in [-0.1, -0.05) is 61.4 Å². The summed E-state index contributed by atoms with van der Waals surface area (Å²) >= 11 is 0. The highest BCUT2D eigenvalue weighted by molar-refractivity contribution is 6.07. The van der Waals surface area contributed by atoms with Gasteiger partial charge in [0.25, 0.3) is 5.91 Å². The molecule has 0 bridgehead atoms. The Morgan fingerprint density at radius 2 is 1.72 bits per heavy atom. The number of nitrogens with one attached hydrogen (secondary N) is 2. The Balaban J connectivity index is 1.20. The van der Waals surface area contributed by atoms with E-state index in [1.54, 1.807) is 10.8 Å². The van der Waals surface area contributed by atoms with Crippen LogP contribution in [0.4, 0.5) is 4.79 Å². The van der Waals surface area contributed by atoms with Gasteiger partial charge >= 0.3 is 6.03 Å². The first kappa shape index (κ1) is 23.5. The zero-order valence-electron chi connectivity index (χ0n) is 20.0. The zero-order chi connectivity index (χ0) is 25.0. The summed E-state index contributed by atoms with van der Waals surface area (Å²) in [5, 5.41) is 10.5. The molecule has 8 nitrogen and oxygen atoms in total. The summed E-state index contributed by atoms with van der Waals surface area (Å²) in [5.41, 5.74) is 2.80. The van der Waals surface area contributed by atoms with Crippen molar-refractivity contribution in [2.45, 2.75) is 37.6 Å². The number of nitrogens with zero attached hydrogens (tertiary/aromatic N) is 3. The fraction of sp³-hybridized carbons (Fsp3) is 0.286. The first-order valence-electron chi connectivity index (χ1n) is 12.4. The minimum atomic E-state index is -0.691. The molecule has 8 heteroatoms. The van der Waals surface area contributed by atoms with Crippen LogP contribution in [0.5, 0.6) is 0 Å². The van der Waals surface area contributed by atoms with Crippen molar-refractivity contribution in [1.29, 1.82) is 0 Å². The van der Waals surface area contributed by atoms with Crippen molar-refractivity contribution in [2.75, 3.05) is 13.1 Å². The molecule has 2 N–H and O–H groups in total. The molecule has 3 aromatic rings. The Morgan fingerprint density at radius 1 is 1.03 bits per heavy atom. The van der Waals surface area contributed by atoms with Crippen LogP contribution in [0.1, 0.15) is 37.7 Å². The zero-order valence-corrected chi connectivity index (χ0v) is 20.0. The molecular weight excluding hydrogens is 454 g/mol. The van der Waals surface area contributed by atoms with Crippen LogP contribution in [0.3, 0.4) is 0 Å². The molecule has 0 unspecified atom stereocenters. The maximum Gasteiger partial charge on any atom is 0.325 e. The Bertz CT molecular complexity index is 1280. The van der Waals surface area contributed by atoms with E-state index in [2.05, 4.69) is 10.6 Å².